The molecule has 0 rings (SSSR count). The summed E-state index contributed by atoms with van der Waals surface area (Å²) in [6, 6.07) is 0. The number of hydrogen-bond acceptors (Lipinski definition) is 4. The molecule has 0 saturated carbocycles. The van der Waals surface area contributed by atoms with Crippen LogP contribution in [0.25, 0.3) is 0 Å². The maximum absolute atomic E-state index is 12.2. The van der Waals surface area contributed by atoms with E-state index in [9.17, 15) is 9.59 Å². The molecule has 0 N–H and O–H groups in total. The van der Waals surface area contributed by atoms with Gasteiger partial charge in [0.1, 0.15) is 12.2 Å². The molecule has 2 atom stereocenters. The van der Waals surface area contributed by atoms with E-state index in [2.05, 4.69) is 13.8 Å². The summed E-state index contributed by atoms with van der Waals surface area (Å²) in [6.45, 7) is 11.5. The van der Waals surface area contributed by atoms with E-state index in [-0.39, 0.29) is 30.1 Å². The van der Waals surface area contributed by atoms with E-state index in [1.807, 2.05) is 20.8 Å². The van der Waals surface area contributed by atoms with Gasteiger partial charge in [-0.05, 0) is 38.5 Å². The number of esters is 2. The molecule has 0 spiro atoms. The van der Waals surface area contributed by atoms with Gasteiger partial charge in [-0.2, -0.15) is 0 Å². The molecule has 0 aromatic heterocycles. The fraction of sp³-hybridized carbons (Fsp3) is 0.882. The first-order chi connectivity index (χ1) is 9.89. The van der Waals surface area contributed by atoms with Gasteiger partial charge in [-0.1, -0.05) is 27.7 Å². The van der Waals surface area contributed by atoms with Crippen LogP contribution in [0, 0.1) is 11.8 Å². The van der Waals surface area contributed by atoms with Crippen molar-refractivity contribution < 1.29 is 19.1 Å². The molecule has 124 valence electrons. The fourth-order valence-corrected chi connectivity index (χ4v) is 2.68. The Labute approximate surface area is 129 Å². The van der Waals surface area contributed by atoms with Crippen molar-refractivity contribution >= 4 is 11.9 Å². The van der Waals surface area contributed by atoms with Crippen LogP contribution in [-0.4, -0.2) is 24.1 Å². The first-order valence-corrected chi connectivity index (χ1v) is 8.27. The number of ether oxygens (including phenoxy) is 2. The second-order valence-electron chi connectivity index (χ2n) is 5.72. The molecule has 0 aliphatic rings. The largest absolute Gasteiger partial charge is 0.463 e. The highest BCUT2D eigenvalue weighted by Gasteiger charge is 2.28. The number of hydrogen-bond donors (Lipinski definition) is 0. The minimum atomic E-state index is -0.294. The number of carbonyl (C=O) groups excluding carboxylic acids is 2. The summed E-state index contributed by atoms with van der Waals surface area (Å²) in [5.74, 6) is -0.142. The van der Waals surface area contributed by atoms with Crippen molar-refractivity contribution in [3.05, 3.63) is 0 Å². The molecule has 0 unspecified atom stereocenters. The minimum Gasteiger partial charge on any atom is -0.463 e. The molecule has 0 aromatic rings. The van der Waals surface area contributed by atoms with Gasteiger partial charge < -0.3 is 9.47 Å². The summed E-state index contributed by atoms with van der Waals surface area (Å²) in [5, 5.41) is 0. The topological polar surface area (TPSA) is 52.6 Å². The molecule has 0 amide bonds. The van der Waals surface area contributed by atoms with Gasteiger partial charge >= 0.3 is 11.9 Å². The Kier molecular flexibility index (Phi) is 10.1. The van der Waals surface area contributed by atoms with Crippen LogP contribution in [0.2, 0.25) is 0 Å². The van der Waals surface area contributed by atoms with E-state index in [1.54, 1.807) is 0 Å². The number of carbonyl (C=O) groups is 2. The maximum atomic E-state index is 12.2. The van der Waals surface area contributed by atoms with E-state index in [0.29, 0.717) is 12.3 Å². The van der Waals surface area contributed by atoms with Crippen LogP contribution >= 0.6 is 0 Å². The highest BCUT2D eigenvalue weighted by molar-refractivity contribution is 5.72. The molecule has 4 heteroatoms. The molecule has 21 heavy (non-hydrogen) atoms. The predicted molar refractivity (Wildman–Crippen MR) is 83.9 cm³/mol. The van der Waals surface area contributed by atoms with Crippen LogP contribution in [-0.2, 0) is 19.1 Å². The summed E-state index contributed by atoms with van der Waals surface area (Å²) in [4.78, 5) is 23.3. The molecular weight excluding hydrogens is 268 g/mol. The quantitative estimate of drug-likeness (QED) is 0.570. The lowest BCUT2D eigenvalue weighted by Crippen LogP contribution is -2.33. The highest BCUT2D eigenvalue weighted by atomic mass is 16.6. The molecule has 0 saturated heterocycles. The Bertz CT molecular complexity index is 306. The zero-order valence-corrected chi connectivity index (χ0v) is 14.5. The van der Waals surface area contributed by atoms with Crippen molar-refractivity contribution in [2.75, 3.05) is 0 Å². The van der Waals surface area contributed by atoms with E-state index in [4.69, 9.17) is 9.47 Å². The summed E-state index contributed by atoms with van der Waals surface area (Å²) >= 11 is 0. The normalized spacial score (nSPS) is 14.1. The molecule has 0 aromatic carbocycles. The van der Waals surface area contributed by atoms with E-state index >= 15 is 0 Å². The van der Waals surface area contributed by atoms with Gasteiger partial charge in [-0.3, -0.25) is 9.59 Å². The van der Waals surface area contributed by atoms with Gasteiger partial charge in [-0.25, -0.2) is 0 Å². The van der Waals surface area contributed by atoms with Gasteiger partial charge in [0.25, 0.3) is 0 Å². The maximum Gasteiger partial charge on any atom is 0.309 e. The average molecular weight is 300 g/mol. The minimum absolute atomic E-state index is 0.0362. The lowest BCUT2D eigenvalue weighted by molar-refractivity contribution is -0.161. The van der Waals surface area contributed by atoms with E-state index in [1.165, 1.54) is 6.92 Å². The van der Waals surface area contributed by atoms with Crippen LogP contribution in [0.5, 0.6) is 0 Å². The van der Waals surface area contributed by atoms with Crippen LogP contribution in [0.3, 0.4) is 0 Å². The Morgan fingerprint density at radius 1 is 0.905 bits per heavy atom. The van der Waals surface area contributed by atoms with E-state index in [0.717, 1.165) is 25.7 Å². The lowest BCUT2D eigenvalue weighted by atomic mass is 9.92. The van der Waals surface area contributed by atoms with Crippen LogP contribution in [0.15, 0.2) is 0 Å². The smallest absolute Gasteiger partial charge is 0.309 e. The molecule has 0 heterocycles. The monoisotopic (exact) mass is 300 g/mol. The molecule has 0 fully saturated rings. The lowest BCUT2D eigenvalue weighted by Gasteiger charge is -2.29. The zero-order chi connectivity index (χ0) is 16.4. The fourth-order valence-electron chi connectivity index (χ4n) is 2.68. The van der Waals surface area contributed by atoms with Crippen molar-refractivity contribution in [1.82, 2.24) is 0 Å². The Morgan fingerprint density at radius 2 is 1.43 bits per heavy atom. The second-order valence-corrected chi connectivity index (χ2v) is 5.72. The Morgan fingerprint density at radius 3 is 1.81 bits per heavy atom. The third-order valence-corrected chi connectivity index (χ3v) is 4.09. The number of rotatable bonds is 10. The van der Waals surface area contributed by atoms with Crippen LogP contribution < -0.4 is 0 Å². The molecular formula is C17H32O4. The standard InChI is InChI=1S/C17H32O4/c1-7-14(8-2)16(11-12(5)20-13(6)18)21-17(19)15(9-3)10-4/h12,14-16H,7-11H2,1-6H3/t12-,16+/m1/s1. The predicted octanol–water partition coefficient (Wildman–Crippen LogP) is 4.11. The van der Waals surface area contributed by atoms with Crippen molar-refractivity contribution in [1.29, 1.82) is 0 Å². The molecule has 0 aliphatic carbocycles. The summed E-state index contributed by atoms with van der Waals surface area (Å²) in [7, 11) is 0. The Hall–Kier alpha value is -1.06. The van der Waals surface area contributed by atoms with Crippen LogP contribution in [0.4, 0.5) is 0 Å². The summed E-state index contributed by atoms with van der Waals surface area (Å²) in [5.41, 5.74) is 0. The van der Waals surface area contributed by atoms with Crippen molar-refractivity contribution in [3.8, 4) is 0 Å². The van der Waals surface area contributed by atoms with Gasteiger partial charge in [0, 0.05) is 13.3 Å². The first kappa shape index (κ1) is 19.9. The SMILES string of the molecule is CCC(CC)C(=O)O[C@@H](C[C@@H](C)OC(C)=O)C(CC)CC. The molecule has 0 aliphatic heterocycles. The Balaban J connectivity index is 4.81. The zero-order valence-electron chi connectivity index (χ0n) is 14.5. The third kappa shape index (κ3) is 7.49. The molecule has 4 nitrogen and oxygen atoms in total. The van der Waals surface area contributed by atoms with E-state index < -0.39 is 0 Å². The van der Waals surface area contributed by atoms with Gasteiger partial charge in [-0.15, -0.1) is 0 Å². The van der Waals surface area contributed by atoms with Crippen LogP contribution in [0.1, 0.15) is 73.6 Å². The van der Waals surface area contributed by atoms with Crippen molar-refractivity contribution in [2.45, 2.75) is 85.9 Å². The van der Waals surface area contributed by atoms with Crippen molar-refractivity contribution in [2.24, 2.45) is 11.8 Å². The van der Waals surface area contributed by atoms with Gasteiger partial charge in [0.15, 0.2) is 0 Å². The summed E-state index contributed by atoms with van der Waals surface area (Å²) < 4.78 is 10.9. The molecule has 0 bridgehead atoms. The third-order valence-electron chi connectivity index (χ3n) is 4.09. The first-order valence-electron chi connectivity index (χ1n) is 8.27. The van der Waals surface area contributed by atoms with Gasteiger partial charge in [0.2, 0.25) is 0 Å². The van der Waals surface area contributed by atoms with Gasteiger partial charge in [0.05, 0.1) is 5.92 Å². The highest BCUT2D eigenvalue weighted by Crippen LogP contribution is 2.24. The average Bonchev–Trinajstić information content (AvgIpc) is 2.40. The second kappa shape index (κ2) is 10.6. The molecule has 0 radical (unpaired) electrons. The summed E-state index contributed by atoms with van der Waals surface area (Å²) in [6.07, 6.45) is 3.64. The van der Waals surface area contributed by atoms with Crippen molar-refractivity contribution in [3.63, 3.8) is 0 Å².